The summed E-state index contributed by atoms with van der Waals surface area (Å²) in [5.41, 5.74) is 13.2. The smallest absolute Gasteiger partial charge is 0.303 e. The molecule has 3 aromatic rings. The summed E-state index contributed by atoms with van der Waals surface area (Å²) in [6, 6.07) is 6.22. The molecule has 6 rings (SSSR count). The van der Waals surface area contributed by atoms with Crippen molar-refractivity contribution in [3.05, 3.63) is 68.8 Å². The average molecular weight is 930 g/mol. The molecule has 0 saturated carbocycles. The Kier molecular flexibility index (Phi) is 16.7. The second-order valence-electron chi connectivity index (χ2n) is 17.1. The number of carbonyl (C=O) groups is 5. The van der Waals surface area contributed by atoms with Gasteiger partial charge in [-0.15, -0.1) is 0 Å². The van der Waals surface area contributed by atoms with Gasteiger partial charge in [0.05, 0.1) is 37.8 Å². The van der Waals surface area contributed by atoms with Crippen molar-refractivity contribution >= 4 is 63.5 Å². The molecule has 362 valence electrons. The SMILES string of the molecule is CCc1c(C)c2cc3[nH]c(cc4nc(c(C)c5nc(cc1[nH]2)C(C)=C5)[C@@H](CCC(=O)NCCOCCO[C@@H]1O[C@H](COC(C)=O)[C@@H](OC(C)=O)[C@H](OC(C)=O)[C@H]1OC(C)=O)[C@@H]4C)c(C)c3CO. The first-order chi connectivity index (χ1) is 31.9. The van der Waals surface area contributed by atoms with Crippen LogP contribution in [-0.4, -0.2) is 119 Å². The number of ether oxygens (including phenoxy) is 7. The molecule has 18 heteroatoms. The minimum Gasteiger partial charge on any atom is -0.463 e. The number of nitrogens with one attached hydrogen (secondary N) is 3. The fraction of sp³-hybridized carbons (Fsp3) is 0.531. The third-order valence-electron chi connectivity index (χ3n) is 12.4. The highest BCUT2D eigenvalue weighted by molar-refractivity contribution is 5.85. The van der Waals surface area contributed by atoms with Crippen molar-refractivity contribution in [1.82, 2.24) is 25.3 Å². The normalized spacial score (nSPS) is 21.3. The summed E-state index contributed by atoms with van der Waals surface area (Å²) in [4.78, 5) is 78.7. The Hall–Kier alpha value is -5.95. The highest BCUT2D eigenvalue weighted by Crippen LogP contribution is 2.42. The third-order valence-corrected chi connectivity index (χ3v) is 12.4. The Morgan fingerprint density at radius 2 is 1.40 bits per heavy atom. The van der Waals surface area contributed by atoms with E-state index in [9.17, 15) is 29.1 Å². The quantitative estimate of drug-likeness (QED) is 0.0716. The summed E-state index contributed by atoms with van der Waals surface area (Å²) in [6.45, 7) is 16.9. The largest absolute Gasteiger partial charge is 0.463 e. The molecule has 1 saturated heterocycles. The molecule has 0 aliphatic carbocycles. The summed E-state index contributed by atoms with van der Waals surface area (Å²) in [6.07, 6.45) is -2.78. The first-order valence-electron chi connectivity index (χ1n) is 22.7. The molecular formula is C49H63N5O13. The van der Waals surface area contributed by atoms with Crippen LogP contribution in [0.3, 0.4) is 0 Å². The number of amides is 1. The van der Waals surface area contributed by atoms with Crippen LogP contribution in [0.4, 0.5) is 0 Å². The van der Waals surface area contributed by atoms with Gasteiger partial charge in [-0.05, 0) is 92.6 Å². The molecule has 1 amide bonds. The fourth-order valence-corrected chi connectivity index (χ4v) is 8.94. The summed E-state index contributed by atoms with van der Waals surface area (Å²) >= 11 is 0. The molecule has 3 aromatic heterocycles. The Bertz CT molecular complexity index is 2560. The van der Waals surface area contributed by atoms with E-state index in [0.29, 0.717) is 6.42 Å². The Morgan fingerprint density at radius 3 is 2.06 bits per heavy atom. The molecule has 18 nitrogen and oxygen atoms in total. The molecule has 67 heavy (non-hydrogen) atoms. The lowest BCUT2D eigenvalue weighted by Crippen LogP contribution is -2.63. The number of carbonyl (C=O) groups excluding carboxylic acids is 5. The molecule has 7 atom stereocenters. The highest BCUT2D eigenvalue weighted by Gasteiger charge is 2.52. The zero-order valence-corrected chi connectivity index (χ0v) is 40.0. The van der Waals surface area contributed by atoms with Gasteiger partial charge in [-0.1, -0.05) is 13.8 Å². The predicted octanol–water partition coefficient (Wildman–Crippen LogP) is 5.76. The Labute approximate surface area is 389 Å². The second kappa shape index (κ2) is 22.2. The second-order valence-corrected chi connectivity index (χ2v) is 17.1. The first-order valence-corrected chi connectivity index (χ1v) is 22.7. The van der Waals surface area contributed by atoms with Crippen LogP contribution in [0.2, 0.25) is 0 Å². The van der Waals surface area contributed by atoms with Crippen molar-refractivity contribution < 1.29 is 62.2 Å². The van der Waals surface area contributed by atoms with E-state index in [4.69, 9.17) is 43.1 Å². The molecule has 0 spiro atoms. The monoisotopic (exact) mass is 929 g/mol. The molecule has 4 N–H and O–H groups in total. The van der Waals surface area contributed by atoms with Crippen LogP contribution in [0.5, 0.6) is 0 Å². The Balaban J connectivity index is 1.12. The number of fused-ring (bicyclic) bond motifs is 8. The van der Waals surface area contributed by atoms with E-state index < -0.39 is 54.6 Å². The van der Waals surface area contributed by atoms with Gasteiger partial charge in [0.15, 0.2) is 24.6 Å². The lowest BCUT2D eigenvalue weighted by molar-refractivity contribution is -0.309. The summed E-state index contributed by atoms with van der Waals surface area (Å²) < 4.78 is 39.0. The molecular weight excluding hydrogens is 867 g/mol. The van der Waals surface area contributed by atoms with Crippen molar-refractivity contribution in [1.29, 1.82) is 0 Å². The fourth-order valence-electron chi connectivity index (χ4n) is 8.94. The van der Waals surface area contributed by atoms with Gasteiger partial charge in [0.25, 0.3) is 0 Å². The van der Waals surface area contributed by atoms with Crippen LogP contribution < -0.4 is 5.32 Å². The number of nitrogens with zero attached hydrogens (tertiary/aromatic N) is 2. The van der Waals surface area contributed by atoms with Gasteiger partial charge in [-0.3, -0.25) is 29.0 Å². The number of esters is 4. The summed E-state index contributed by atoms with van der Waals surface area (Å²) in [7, 11) is 0. The number of aliphatic hydroxyl groups excluding tert-OH is 1. The number of aromatic amines is 2. The number of hydrogen-bond acceptors (Lipinski definition) is 15. The van der Waals surface area contributed by atoms with Crippen LogP contribution in [-0.2, 0) is 70.2 Å². The maximum atomic E-state index is 13.3. The van der Waals surface area contributed by atoms with Crippen LogP contribution in [0.1, 0.15) is 124 Å². The molecule has 1 fully saturated rings. The van der Waals surface area contributed by atoms with Crippen LogP contribution in [0, 0.1) is 20.8 Å². The van der Waals surface area contributed by atoms with E-state index in [1.165, 1.54) is 12.5 Å². The third kappa shape index (κ3) is 12.0. The van der Waals surface area contributed by atoms with E-state index in [0.717, 1.165) is 99.9 Å². The number of aliphatic hydroxyl groups is 1. The van der Waals surface area contributed by atoms with Gasteiger partial charge in [-0.25, -0.2) is 4.98 Å². The molecule has 0 aromatic carbocycles. The minimum atomic E-state index is -1.35. The summed E-state index contributed by atoms with van der Waals surface area (Å²) in [5.74, 6) is -3.14. The summed E-state index contributed by atoms with van der Waals surface area (Å²) in [5, 5.41) is 13.4. The van der Waals surface area contributed by atoms with Gasteiger partial charge >= 0.3 is 23.9 Å². The standard InChI is InChI=1S/C49H63N5O13/c1-11-33-25(3)39-21-42-35(22-55)27(5)38(53-42)20-40-26(4)34(45(54-40)28(6)37-18-24(2)36(51-37)19-41(33)52-39)12-13-44(60)50-14-15-61-16-17-62-49-48(66-32(10)59)47(65-31(9)58)46(64-30(8)57)43(67-49)23-63-29(7)56/h18-21,26,34,43,46-49,52-53,55H,11-17,22-23H2,1-10H3,(H,50,60)/t26-,34-,43+,46+,47-,48+,49+/m0/s1. The lowest BCUT2D eigenvalue weighted by Gasteiger charge is -2.44. The zero-order chi connectivity index (χ0) is 48.7. The average Bonchev–Trinajstić information content (AvgIpc) is 3.97. The molecule has 0 radical (unpaired) electrons. The van der Waals surface area contributed by atoms with Crippen LogP contribution in [0.15, 0.2) is 18.2 Å². The van der Waals surface area contributed by atoms with E-state index in [-0.39, 0.29) is 63.7 Å². The van der Waals surface area contributed by atoms with Gasteiger partial charge < -0.3 is 53.5 Å². The van der Waals surface area contributed by atoms with E-state index in [1.807, 2.05) is 13.8 Å². The Morgan fingerprint density at radius 1 is 0.761 bits per heavy atom. The molecule has 3 aliphatic heterocycles. The minimum absolute atomic E-state index is 0.0335. The topological polar surface area (TPSA) is 240 Å². The number of allylic oxidation sites excluding steroid dienone is 1. The highest BCUT2D eigenvalue weighted by atomic mass is 16.7. The van der Waals surface area contributed by atoms with Gasteiger partial charge in [0, 0.05) is 91.5 Å². The molecule has 8 bridgehead atoms. The van der Waals surface area contributed by atoms with E-state index in [2.05, 4.69) is 67.3 Å². The number of aromatic nitrogens is 4. The van der Waals surface area contributed by atoms with E-state index in [1.54, 1.807) is 0 Å². The van der Waals surface area contributed by atoms with Crippen molar-refractivity contribution in [2.75, 3.05) is 33.0 Å². The number of H-pyrrole nitrogens is 2. The lowest BCUT2D eigenvalue weighted by atomic mass is 9.85. The van der Waals surface area contributed by atoms with Crippen LogP contribution in [0.25, 0.3) is 33.7 Å². The first kappa shape index (κ1) is 50.5. The number of rotatable bonds is 17. The van der Waals surface area contributed by atoms with Gasteiger partial charge in [0.2, 0.25) is 5.91 Å². The molecule has 3 aliphatic rings. The van der Waals surface area contributed by atoms with Gasteiger partial charge in [0.1, 0.15) is 12.7 Å². The van der Waals surface area contributed by atoms with Crippen molar-refractivity contribution in [2.45, 2.75) is 138 Å². The number of hydrogen-bond donors (Lipinski definition) is 4. The van der Waals surface area contributed by atoms with Crippen molar-refractivity contribution in [3.63, 3.8) is 0 Å². The maximum absolute atomic E-state index is 13.3. The van der Waals surface area contributed by atoms with Crippen molar-refractivity contribution in [2.24, 2.45) is 0 Å². The van der Waals surface area contributed by atoms with E-state index >= 15 is 0 Å². The molecule has 6 heterocycles. The van der Waals surface area contributed by atoms with Gasteiger partial charge in [-0.2, -0.15) is 0 Å². The number of aryl methyl sites for hydroxylation is 3. The maximum Gasteiger partial charge on any atom is 0.303 e. The van der Waals surface area contributed by atoms with Crippen LogP contribution >= 0.6 is 0 Å². The molecule has 0 unspecified atom stereocenters. The van der Waals surface area contributed by atoms with Crippen molar-refractivity contribution in [3.8, 4) is 0 Å². The predicted molar refractivity (Wildman–Crippen MR) is 246 cm³/mol. The zero-order valence-electron chi connectivity index (χ0n) is 40.0.